The van der Waals surface area contributed by atoms with Gasteiger partial charge in [-0.2, -0.15) is 0 Å². The van der Waals surface area contributed by atoms with Crippen LogP contribution in [0.5, 0.6) is 0 Å². The summed E-state index contributed by atoms with van der Waals surface area (Å²) in [7, 11) is 0. The smallest absolute Gasteiger partial charge is 0.107 e. The van der Waals surface area contributed by atoms with Crippen LogP contribution in [0.3, 0.4) is 0 Å². The third-order valence-corrected chi connectivity index (χ3v) is 4.55. The number of rotatable bonds is 6. The van der Waals surface area contributed by atoms with Gasteiger partial charge in [-0.25, -0.2) is 0 Å². The predicted octanol–water partition coefficient (Wildman–Crippen LogP) is 4.23. The largest absolute Gasteiger partial charge is 0.395 e. The Kier molecular flexibility index (Phi) is 4.67. The highest BCUT2D eigenvalue weighted by atomic mass is 16.3. The molecule has 0 atom stereocenters. The first-order valence-corrected chi connectivity index (χ1v) is 8.76. The molecule has 4 heteroatoms. The van der Waals surface area contributed by atoms with Gasteiger partial charge in [0.2, 0.25) is 0 Å². The van der Waals surface area contributed by atoms with E-state index in [1.165, 1.54) is 5.56 Å². The van der Waals surface area contributed by atoms with Gasteiger partial charge in [0.1, 0.15) is 5.82 Å². The number of pyridine rings is 1. The van der Waals surface area contributed by atoms with Gasteiger partial charge >= 0.3 is 0 Å². The minimum atomic E-state index is 0.116. The molecule has 2 N–H and O–H groups in total. The number of hydrogen-bond donors (Lipinski definition) is 2. The standard InChI is InChI=1S/C22H21N3O/c26-13-12-25(16-17-4-2-1-3-5-17)22-15-20-7-6-19(14-21(20)24-22)18-8-10-23-11-9-18/h1-11,14-15,24,26H,12-13,16H2. The van der Waals surface area contributed by atoms with E-state index in [-0.39, 0.29) is 6.61 Å². The number of H-pyrrole nitrogens is 1. The van der Waals surface area contributed by atoms with E-state index in [4.69, 9.17) is 0 Å². The van der Waals surface area contributed by atoms with Crippen LogP contribution < -0.4 is 4.90 Å². The monoisotopic (exact) mass is 343 g/mol. The zero-order valence-electron chi connectivity index (χ0n) is 14.5. The average molecular weight is 343 g/mol. The molecule has 130 valence electrons. The number of fused-ring (bicyclic) bond motifs is 1. The van der Waals surface area contributed by atoms with Crippen LogP contribution in [0.1, 0.15) is 5.56 Å². The Hall–Kier alpha value is -3.11. The molecule has 2 aromatic heterocycles. The molecule has 0 saturated carbocycles. The summed E-state index contributed by atoms with van der Waals surface area (Å²) in [6, 6.07) is 22.9. The van der Waals surface area contributed by atoms with Crippen LogP contribution in [0.4, 0.5) is 5.82 Å². The molecule has 0 spiro atoms. The van der Waals surface area contributed by atoms with Crippen molar-refractivity contribution in [3.63, 3.8) is 0 Å². The second-order valence-corrected chi connectivity index (χ2v) is 6.32. The molecule has 0 fully saturated rings. The Labute approximate surface area is 152 Å². The van der Waals surface area contributed by atoms with Crippen molar-refractivity contribution in [1.82, 2.24) is 9.97 Å². The van der Waals surface area contributed by atoms with Gasteiger partial charge in [0.05, 0.1) is 6.61 Å². The van der Waals surface area contributed by atoms with Gasteiger partial charge in [-0.1, -0.05) is 42.5 Å². The van der Waals surface area contributed by atoms with Crippen LogP contribution in [-0.4, -0.2) is 28.2 Å². The summed E-state index contributed by atoms with van der Waals surface area (Å²) in [5.74, 6) is 1.02. The van der Waals surface area contributed by atoms with Crippen molar-refractivity contribution in [1.29, 1.82) is 0 Å². The number of aliphatic hydroxyl groups is 1. The number of benzene rings is 2. The summed E-state index contributed by atoms with van der Waals surface area (Å²) in [5, 5.41) is 10.6. The SMILES string of the molecule is OCCN(Cc1ccccc1)c1cc2ccc(-c3ccncc3)cc2[nH]1. The summed E-state index contributed by atoms with van der Waals surface area (Å²) >= 11 is 0. The second-order valence-electron chi connectivity index (χ2n) is 6.32. The zero-order chi connectivity index (χ0) is 17.8. The molecule has 4 aromatic rings. The Balaban J connectivity index is 1.66. The molecule has 0 bridgehead atoms. The maximum Gasteiger partial charge on any atom is 0.107 e. The number of aliphatic hydroxyl groups excluding tert-OH is 1. The van der Waals surface area contributed by atoms with E-state index < -0.39 is 0 Å². The van der Waals surface area contributed by atoms with E-state index in [1.54, 1.807) is 0 Å². The molecule has 4 rings (SSSR count). The number of nitrogens with one attached hydrogen (secondary N) is 1. The fourth-order valence-corrected chi connectivity index (χ4v) is 3.22. The normalized spacial score (nSPS) is 11.0. The highest BCUT2D eigenvalue weighted by molar-refractivity contribution is 5.88. The second kappa shape index (κ2) is 7.42. The Bertz CT molecular complexity index is 980. The molecular weight excluding hydrogens is 322 g/mol. The predicted molar refractivity (Wildman–Crippen MR) is 106 cm³/mol. The first-order chi connectivity index (χ1) is 12.8. The minimum Gasteiger partial charge on any atom is -0.395 e. The first-order valence-electron chi connectivity index (χ1n) is 8.76. The van der Waals surface area contributed by atoms with Gasteiger partial charge < -0.3 is 15.0 Å². The zero-order valence-corrected chi connectivity index (χ0v) is 14.5. The Morgan fingerprint density at radius 3 is 2.46 bits per heavy atom. The number of aromatic amines is 1. The fraction of sp³-hybridized carbons (Fsp3) is 0.136. The number of nitrogens with zero attached hydrogens (tertiary/aromatic N) is 2. The van der Waals surface area contributed by atoms with E-state index in [0.717, 1.165) is 34.4 Å². The van der Waals surface area contributed by atoms with Gasteiger partial charge in [-0.05, 0) is 41.0 Å². The molecule has 0 amide bonds. The summed E-state index contributed by atoms with van der Waals surface area (Å²) in [5.41, 5.74) is 4.61. The van der Waals surface area contributed by atoms with Crippen molar-refractivity contribution in [2.45, 2.75) is 6.54 Å². The molecule has 0 saturated heterocycles. The Morgan fingerprint density at radius 1 is 0.885 bits per heavy atom. The molecular formula is C22H21N3O. The molecule has 0 radical (unpaired) electrons. The van der Waals surface area contributed by atoms with Crippen molar-refractivity contribution in [2.75, 3.05) is 18.1 Å². The third-order valence-electron chi connectivity index (χ3n) is 4.55. The molecule has 0 aliphatic heterocycles. The molecule has 26 heavy (non-hydrogen) atoms. The van der Waals surface area contributed by atoms with E-state index >= 15 is 0 Å². The van der Waals surface area contributed by atoms with Gasteiger partial charge in [0, 0.05) is 36.4 Å². The molecule has 0 aliphatic rings. The minimum absolute atomic E-state index is 0.116. The van der Waals surface area contributed by atoms with Crippen LogP contribution >= 0.6 is 0 Å². The average Bonchev–Trinajstić information content (AvgIpc) is 3.12. The van der Waals surface area contributed by atoms with Gasteiger partial charge in [0.15, 0.2) is 0 Å². The van der Waals surface area contributed by atoms with E-state index in [0.29, 0.717) is 6.54 Å². The summed E-state index contributed by atoms with van der Waals surface area (Å²) in [4.78, 5) is 9.76. The maximum absolute atomic E-state index is 9.48. The lowest BCUT2D eigenvalue weighted by Crippen LogP contribution is -2.26. The van der Waals surface area contributed by atoms with Gasteiger partial charge in [0.25, 0.3) is 0 Å². The van der Waals surface area contributed by atoms with Crippen LogP contribution in [0.25, 0.3) is 22.0 Å². The summed E-state index contributed by atoms with van der Waals surface area (Å²) in [6.07, 6.45) is 3.62. The van der Waals surface area contributed by atoms with Crippen LogP contribution in [0.15, 0.2) is 79.1 Å². The van der Waals surface area contributed by atoms with Crippen LogP contribution in [0.2, 0.25) is 0 Å². The van der Waals surface area contributed by atoms with Crippen molar-refractivity contribution in [2.24, 2.45) is 0 Å². The molecule has 0 unspecified atom stereocenters. The van der Waals surface area contributed by atoms with Gasteiger partial charge in [-0.15, -0.1) is 0 Å². The topological polar surface area (TPSA) is 52.1 Å². The molecule has 2 aromatic carbocycles. The van der Waals surface area contributed by atoms with Crippen LogP contribution in [-0.2, 0) is 6.54 Å². The van der Waals surface area contributed by atoms with Crippen LogP contribution in [0, 0.1) is 0 Å². The number of hydrogen-bond acceptors (Lipinski definition) is 3. The third kappa shape index (κ3) is 3.46. The van der Waals surface area contributed by atoms with E-state index in [2.05, 4.69) is 51.3 Å². The maximum atomic E-state index is 9.48. The van der Waals surface area contributed by atoms with Crippen molar-refractivity contribution in [3.05, 3.63) is 84.7 Å². The lowest BCUT2D eigenvalue weighted by Gasteiger charge is -2.22. The van der Waals surface area contributed by atoms with Crippen molar-refractivity contribution in [3.8, 4) is 11.1 Å². The van der Waals surface area contributed by atoms with Crippen molar-refractivity contribution < 1.29 is 5.11 Å². The molecule has 2 heterocycles. The quantitative estimate of drug-likeness (QED) is 0.551. The van der Waals surface area contributed by atoms with E-state index in [1.807, 2.05) is 42.7 Å². The highest BCUT2D eigenvalue weighted by Gasteiger charge is 2.11. The van der Waals surface area contributed by atoms with Gasteiger partial charge in [-0.3, -0.25) is 4.98 Å². The Morgan fingerprint density at radius 2 is 1.69 bits per heavy atom. The lowest BCUT2D eigenvalue weighted by atomic mass is 10.1. The number of anilines is 1. The first kappa shape index (κ1) is 16.4. The van der Waals surface area contributed by atoms with Crippen molar-refractivity contribution >= 4 is 16.7 Å². The fourth-order valence-electron chi connectivity index (χ4n) is 3.22. The summed E-state index contributed by atoms with van der Waals surface area (Å²) < 4.78 is 0. The molecule has 4 nitrogen and oxygen atoms in total. The lowest BCUT2D eigenvalue weighted by molar-refractivity contribution is 0.301. The van der Waals surface area contributed by atoms with E-state index in [9.17, 15) is 5.11 Å². The summed E-state index contributed by atoms with van der Waals surface area (Å²) in [6.45, 7) is 1.45. The molecule has 0 aliphatic carbocycles. The highest BCUT2D eigenvalue weighted by Crippen LogP contribution is 2.27. The number of aromatic nitrogens is 2.